The summed E-state index contributed by atoms with van der Waals surface area (Å²) in [6.45, 7) is 0. The minimum atomic E-state index is 0.440. The fourth-order valence-corrected chi connectivity index (χ4v) is 6.16. The van der Waals surface area contributed by atoms with Crippen molar-refractivity contribution in [1.82, 2.24) is 29.1 Å². The van der Waals surface area contributed by atoms with Crippen LogP contribution in [-0.2, 0) is 0 Å². The Labute approximate surface area is 105 Å². The Bertz CT molecular complexity index is 139. The van der Waals surface area contributed by atoms with Crippen LogP contribution in [0.2, 0.25) is 0 Å². The molecule has 0 aromatic carbocycles. The van der Waals surface area contributed by atoms with E-state index in [1.54, 1.807) is 0 Å². The summed E-state index contributed by atoms with van der Waals surface area (Å²) >= 11 is 0. The lowest BCUT2D eigenvalue weighted by Crippen LogP contribution is -1.99. The summed E-state index contributed by atoms with van der Waals surface area (Å²) in [5.74, 6) is 0. The predicted octanol–water partition coefficient (Wildman–Crippen LogP) is 1.69. The molecule has 0 saturated heterocycles. The van der Waals surface area contributed by atoms with Crippen LogP contribution in [0.15, 0.2) is 4.52 Å². The lowest BCUT2D eigenvalue weighted by Gasteiger charge is -2.03. The standard InChI is InChI=1S/H15N7P8/c8-1-10-3-12-5-14-7-15-6-13-4-11-2-9/h1-5,10-14H,8-9H2,(H,6,7). The van der Waals surface area contributed by atoms with E-state index in [2.05, 4.69) is 52.4 Å². The van der Waals surface area contributed by atoms with Gasteiger partial charge in [0.2, 0.25) is 0 Å². The molecule has 90 valence electrons. The molecule has 15 heavy (non-hydrogen) atoms. The van der Waals surface area contributed by atoms with E-state index in [9.17, 15) is 0 Å². The van der Waals surface area contributed by atoms with Crippen LogP contribution in [-0.4, -0.2) is 0 Å². The van der Waals surface area contributed by atoms with Gasteiger partial charge in [0.15, 0.2) is 0 Å². The Morgan fingerprint density at radius 1 is 0.867 bits per heavy atom. The molecule has 0 fully saturated rings. The topological polar surface area (TPSA) is 84.5 Å². The third-order valence-corrected chi connectivity index (χ3v) is 6.47. The lowest BCUT2D eigenvalue weighted by atomic mass is 13.8. The normalized spacial score (nSPS) is 15.3. The van der Waals surface area contributed by atoms with E-state index in [0.717, 1.165) is 8.52 Å². The van der Waals surface area contributed by atoms with Gasteiger partial charge in [-0.3, -0.25) is 19.4 Å². The minimum absolute atomic E-state index is 0.440. The van der Waals surface area contributed by atoms with Crippen LogP contribution < -0.4 is 29.1 Å². The van der Waals surface area contributed by atoms with Gasteiger partial charge in [-0.1, -0.05) is 18.8 Å². The average molecular weight is 361 g/mol. The number of nitrogens with one attached hydrogen (secondary N) is 6. The molecule has 0 heterocycles. The first-order valence-electron chi connectivity index (χ1n) is 3.47. The van der Waals surface area contributed by atoms with Crippen LogP contribution in [0, 0.1) is 0 Å². The molecule has 0 saturated carbocycles. The van der Waals surface area contributed by atoms with E-state index in [-0.39, 0.29) is 0 Å². The first-order chi connectivity index (χ1) is 7.41. The van der Waals surface area contributed by atoms with Crippen LogP contribution in [0.1, 0.15) is 0 Å². The molecule has 0 aromatic heterocycles. The van der Waals surface area contributed by atoms with Gasteiger partial charge in [0.1, 0.15) is 8.52 Å². The number of hydrogen-bond acceptors (Lipinski definition) is 6. The van der Waals surface area contributed by atoms with Gasteiger partial charge in [-0.15, -0.1) is 0 Å². The van der Waals surface area contributed by atoms with Crippen molar-refractivity contribution in [2.75, 3.05) is 0 Å². The smallest absolute Gasteiger partial charge is 0.100 e. The molecule has 0 aliphatic carbocycles. The van der Waals surface area contributed by atoms with E-state index in [4.69, 9.17) is 0 Å². The Kier molecular flexibility index (Phi) is 20.1. The summed E-state index contributed by atoms with van der Waals surface area (Å²) in [6, 6.07) is 0. The van der Waals surface area contributed by atoms with Crippen molar-refractivity contribution in [2.24, 2.45) is 4.52 Å². The Morgan fingerprint density at radius 2 is 1.53 bits per heavy atom. The van der Waals surface area contributed by atoms with E-state index in [1.165, 1.54) is 0 Å². The maximum atomic E-state index is 4.21. The maximum absolute atomic E-state index is 4.21. The first-order valence-corrected chi connectivity index (χ1v) is 10.4. The highest BCUT2D eigenvalue weighted by Crippen LogP contribution is 2.21. The van der Waals surface area contributed by atoms with Gasteiger partial charge in [0, 0.05) is 35.5 Å². The highest BCUT2D eigenvalue weighted by molar-refractivity contribution is 7.61. The zero-order valence-electron chi connectivity index (χ0n) is 7.55. The molecule has 0 aliphatic rings. The highest BCUT2D eigenvalue weighted by Gasteiger charge is 1.83. The zero-order valence-corrected chi connectivity index (χ0v) is 15.8. The van der Waals surface area contributed by atoms with E-state index in [0.29, 0.717) is 44.4 Å². The van der Waals surface area contributed by atoms with Crippen molar-refractivity contribution in [3.05, 3.63) is 0 Å². The molecule has 15 heteroatoms. The molecule has 7 unspecified atom stereocenters. The second-order valence-corrected chi connectivity index (χ2v) is 10.0. The van der Waals surface area contributed by atoms with Crippen LogP contribution >= 0.6 is 71.7 Å². The van der Waals surface area contributed by atoms with E-state index >= 15 is 0 Å². The van der Waals surface area contributed by atoms with Crippen LogP contribution in [0.5, 0.6) is 0 Å². The SMILES string of the molecule is PNPNPN=PNPNPNPNP. The molecule has 0 aliphatic heterocycles. The van der Waals surface area contributed by atoms with Gasteiger partial charge in [0.25, 0.3) is 0 Å². The van der Waals surface area contributed by atoms with Gasteiger partial charge in [-0.2, -0.15) is 0 Å². The van der Waals surface area contributed by atoms with Crippen molar-refractivity contribution in [3.8, 4) is 0 Å². The summed E-state index contributed by atoms with van der Waals surface area (Å²) < 4.78 is 4.21. The van der Waals surface area contributed by atoms with Crippen molar-refractivity contribution in [2.45, 2.75) is 0 Å². The Hall–Kier alpha value is 2.87. The fourth-order valence-electron chi connectivity index (χ4n) is 0.322. The molecular formula is H15N7P8. The number of hydrogen-bond donors (Lipinski definition) is 6. The van der Waals surface area contributed by atoms with Gasteiger partial charge in [-0.05, 0) is 0 Å². The van der Waals surface area contributed by atoms with Crippen LogP contribution in [0.25, 0.3) is 0 Å². The molecule has 0 rings (SSSR count). The molecular weight excluding hydrogens is 346 g/mol. The van der Waals surface area contributed by atoms with Crippen molar-refractivity contribution >= 4 is 71.7 Å². The van der Waals surface area contributed by atoms with Crippen molar-refractivity contribution in [3.63, 3.8) is 0 Å². The summed E-state index contributed by atoms with van der Waals surface area (Å²) in [4.78, 5) is 18.5. The second-order valence-electron chi connectivity index (χ2n) is 1.59. The third-order valence-electron chi connectivity index (χ3n) is 0.719. The highest BCUT2D eigenvalue weighted by atomic mass is 31.2. The summed E-state index contributed by atoms with van der Waals surface area (Å²) in [6.07, 6.45) is 0. The van der Waals surface area contributed by atoms with Gasteiger partial charge in [-0.25, -0.2) is 14.2 Å². The molecule has 6 N–H and O–H groups in total. The van der Waals surface area contributed by atoms with Gasteiger partial charge >= 0.3 is 0 Å². The third kappa shape index (κ3) is 16.9. The molecule has 0 amide bonds. The van der Waals surface area contributed by atoms with Crippen LogP contribution in [0.3, 0.4) is 0 Å². The molecule has 0 radical (unpaired) electrons. The molecule has 7 nitrogen and oxygen atoms in total. The molecule has 7 atom stereocenters. The lowest BCUT2D eigenvalue weighted by molar-refractivity contribution is 1.50. The minimum Gasteiger partial charge on any atom is -0.269 e. The average Bonchev–Trinajstić information content (AvgIpc) is 2.26. The molecule has 0 aromatic rings. The van der Waals surface area contributed by atoms with Gasteiger partial charge < -0.3 is 0 Å². The Balaban J connectivity index is 2.96. The van der Waals surface area contributed by atoms with Gasteiger partial charge in [0.05, 0.1) is 8.88 Å². The summed E-state index contributed by atoms with van der Waals surface area (Å²) in [5, 5.41) is 0. The van der Waals surface area contributed by atoms with Crippen molar-refractivity contribution in [1.29, 1.82) is 0 Å². The molecule has 0 spiro atoms. The summed E-state index contributed by atoms with van der Waals surface area (Å²) in [7, 11) is 8.46. The molecule has 0 bridgehead atoms. The number of rotatable bonds is 11. The second kappa shape index (κ2) is 16.9. The van der Waals surface area contributed by atoms with Crippen molar-refractivity contribution < 1.29 is 0 Å². The monoisotopic (exact) mass is 361 g/mol. The predicted molar refractivity (Wildman–Crippen MR) is 89.2 cm³/mol. The quantitative estimate of drug-likeness (QED) is 0.248. The first kappa shape index (κ1) is 17.9. The largest absolute Gasteiger partial charge is 0.269 e. The van der Waals surface area contributed by atoms with Crippen LogP contribution in [0.4, 0.5) is 0 Å². The fraction of sp³-hybridized carbons (Fsp3) is 0. The van der Waals surface area contributed by atoms with E-state index in [1.807, 2.05) is 0 Å². The zero-order chi connectivity index (χ0) is 11.2. The summed E-state index contributed by atoms with van der Waals surface area (Å²) in [5.41, 5.74) is 0. The van der Waals surface area contributed by atoms with E-state index < -0.39 is 0 Å². The maximum Gasteiger partial charge on any atom is 0.100 e. The Morgan fingerprint density at radius 3 is 2.27 bits per heavy atom. The number of nitrogens with zero attached hydrogens (tertiary/aromatic N) is 1.